The van der Waals surface area contributed by atoms with Crippen molar-refractivity contribution < 1.29 is 4.39 Å². The van der Waals surface area contributed by atoms with Crippen LogP contribution in [0.25, 0.3) is 0 Å². The predicted octanol–water partition coefficient (Wildman–Crippen LogP) is 3.40. The second-order valence-corrected chi connectivity index (χ2v) is 4.52. The Morgan fingerprint density at radius 3 is 2.50 bits per heavy atom. The highest BCUT2D eigenvalue weighted by molar-refractivity contribution is 6.31. The topological polar surface area (TPSA) is 29.9 Å². The van der Waals surface area contributed by atoms with Gasteiger partial charge in [-0.1, -0.05) is 11.6 Å². The third-order valence-electron chi connectivity index (χ3n) is 2.79. The van der Waals surface area contributed by atoms with E-state index in [9.17, 15) is 4.39 Å². The molecule has 96 valence electrons. The number of hydrogen-bond acceptors (Lipinski definition) is 2. The Hall–Kier alpha value is -1.55. The molecule has 0 unspecified atom stereocenters. The number of anilines is 1. The van der Waals surface area contributed by atoms with Gasteiger partial charge >= 0.3 is 0 Å². The maximum absolute atomic E-state index is 12.7. The molecule has 0 aliphatic rings. The van der Waals surface area contributed by atoms with Crippen LogP contribution in [0.4, 0.5) is 10.1 Å². The minimum absolute atomic E-state index is 0.231. The van der Waals surface area contributed by atoms with E-state index in [1.165, 1.54) is 12.1 Å². The summed E-state index contributed by atoms with van der Waals surface area (Å²) in [5.74, 6) is -0.231. The molecule has 0 spiro atoms. The molecule has 3 nitrogen and oxygen atoms in total. The van der Waals surface area contributed by atoms with Crippen LogP contribution in [-0.4, -0.2) is 16.3 Å². The summed E-state index contributed by atoms with van der Waals surface area (Å²) in [6.07, 6.45) is 0. The van der Waals surface area contributed by atoms with Crippen molar-refractivity contribution in [2.75, 3.05) is 11.9 Å². The van der Waals surface area contributed by atoms with Gasteiger partial charge < -0.3 is 5.32 Å². The van der Waals surface area contributed by atoms with E-state index in [2.05, 4.69) is 10.4 Å². The summed E-state index contributed by atoms with van der Waals surface area (Å²) < 4.78 is 14.6. The maximum atomic E-state index is 12.7. The first-order valence-corrected chi connectivity index (χ1v) is 6.14. The van der Waals surface area contributed by atoms with Crippen LogP contribution >= 0.6 is 11.6 Å². The van der Waals surface area contributed by atoms with E-state index in [-0.39, 0.29) is 5.82 Å². The quantitative estimate of drug-likeness (QED) is 0.920. The number of halogens is 2. The molecule has 5 heteroatoms. The van der Waals surface area contributed by atoms with Crippen LogP contribution in [0.5, 0.6) is 0 Å². The standard InChI is InChI=1S/C13H15ClFN3/c1-9-13(14)10(2)18(17-9)8-7-16-12-5-3-11(15)4-6-12/h3-6,16H,7-8H2,1-2H3. The van der Waals surface area contributed by atoms with Crippen molar-refractivity contribution in [2.24, 2.45) is 0 Å². The molecule has 1 aromatic heterocycles. The van der Waals surface area contributed by atoms with Gasteiger partial charge in [-0.15, -0.1) is 0 Å². The molecule has 0 saturated carbocycles. The number of aromatic nitrogens is 2. The number of aryl methyl sites for hydroxylation is 1. The molecule has 1 aromatic carbocycles. The molecule has 1 N–H and O–H groups in total. The molecule has 0 fully saturated rings. The van der Waals surface area contributed by atoms with Gasteiger partial charge in [-0.2, -0.15) is 5.10 Å². The fraction of sp³-hybridized carbons (Fsp3) is 0.308. The van der Waals surface area contributed by atoms with Crippen molar-refractivity contribution in [3.05, 3.63) is 46.5 Å². The summed E-state index contributed by atoms with van der Waals surface area (Å²) in [7, 11) is 0. The van der Waals surface area contributed by atoms with Crippen LogP contribution in [0.15, 0.2) is 24.3 Å². The van der Waals surface area contributed by atoms with Crippen LogP contribution in [0, 0.1) is 19.7 Å². The molecule has 0 amide bonds. The second kappa shape index (κ2) is 5.40. The van der Waals surface area contributed by atoms with Gasteiger partial charge in [0.1, 0.15) is 5.82 Å². The molecule has 1 heterocycles. The lowest BCUT2D eigenvalue weighted by Gasteiger charge is -2.07. The average molecular weight is 268 g/mol. The molecule has 2 rings (SSSR count). The van der Waals surface area contributed by atoms with Gasteiger partial charge in [-0.25, -0.2) is 4.39 Å². The first kappa shape index (κ1) is 12.9. The first-order valence-electron chi connectivity index (χ1n) is 5.77. The lowest BCUT2D eigenvalue weighted by Crippen LogP contribution is -2.12. The van der Waals surface area contributed by atoms with Crippen LogP contribution in [-0.2, 0) is 6.54 Å². The Kier molecular flexibility index (Phi) is 3.87. The zero-order chi connectivity index (χ0) is 13.1. The van der Waals surface area contributed by atoms with Gasteiger partial charge in [0.25, 0.3) is 0 Å². The van der Waals surface area contributed by atoms with E-state index in [4.69, 9.17) is 11.6 Å². The molecular weight excluding hydrogens is 253 g/mol. The minimum atomic E-state index is -0.231. The van der Waals surface area contributed by atoms with Gasteiger partial charge in [0.2, 0.25) is 0 Å². The van der Waals surface area contributed by atoms with Crippen molar-refractivity contribution >= 4 is 17.3 Å². The molecule has 0 bridgehead atoms. The third-order valence-corrected chi connectivity index (χ3v) is 3.34. The smallest absolute Gasteiger partial charge is 0.123 e. The number of nitrogens with zero attached hydrogens (tertiary/aromatic N) is 2. The monoisotopic (exact) mass is 267 g/mol. The summed E-state index contributed by atoms with van der Waals surface area (Å²) in [5, 5.41) is 8.26. The fourth-order valence-corrected chi connectivity index (χ4v) is 1.90. The number of nitrogens with one attached hydrogen (secondary N) is 1. The van der Waals surface area contributed by atoms with Crippen molar-refractivity contribution in [2.45, 2.75) is 20.4 Å². The number of benzene rings is 1. The molecule has 0 aliphatic carbocycles. The van der Waals surface area contributed by atoms with E-state index in [1.807, 2.05) is 18.5 Å². The summed E-state index contributed by atoms with van der Waals surface area (Å²) in [6.45, 7) is 5.26. The summed E-state index contributed by atoms with van der Waals surface area (Å²) in [4.78, 5) is 0. The maximum Gasteiger partial charge on any atom is 0.123 e. The highest BCUT2D eigenvalue weighted by Crippen LogP contribution is 2.18. The van der Waals surface area contributed by atoms with E-state index in [0.717, 1.165) is 28.6 Å². The number of hydrogen-bond donors (Lipinski definition) is 1. The molecule has 0 radical (unpaired) electrons. The van der Waals surface area contributed by atoms with Gasteiger partial charge in [-0.3, -0.25) is 4.68 Å². The van der Waals surface area contributed by atoms with E-state index in [0.29, 0.717) is 6.54 Å². The SMILES string of the molecule is Cc1nn(CCNc2ccc(F)cc2)c(C)c1Cl. The Morgan fingerprint density at radius 2 is 1.94 bits per heavy atom. The normalized spacial score (nSPS) is 10.7. The Bertz CT molecular complexity index is 534. The summed E-state index contributed by atoms with van der Waals surface area (Å²) >= 11 is 6.07. The first-order chi connectivity index (χ1) is 8.58. The van der Waals surface area contributed by atoms with Crippen LogP contribution in [0.2, 0.25) is 5.02 Å². The Morgan fingerprint density at radius 1 is 1.28 bits per heavy atom. The molecule has 18 heavy (non-hydrogen) atoms. The van der Waals surface area contributed by atoms with Crippen LogP contribution in [0.3, 0.4) is 0 Å². The molecular formula is C13H15ClFN3. The largest absolute Gasteiger partial charge is 0.383 e. The Balaban J connectivity index is 1.92. The molecule has 0 aliphatic heterocycles. The molecule has 0 atom stereocenters. The number of rotatable bonds is 4. The predicted molar refractivity (Wildman–Crippen MR) is 71.6 cm³/mol. The van der Waals surface area contributed by atoms with Crippen LogP contribution in [0.1, 0.15) is 11.4 Å². The second-order valence-electron chi connectivity index (χ2n) is 4.14. The Labute approximate surface area is 111 Å². The van der Waals surface area contributed by atoms with E-state index >= 15 is 0 Å². The lowest BCUT2D eigenvalue weighted by molar-refractivity contribution is 0.614. The lowest BCUT2D eigenvalue weighted by atomic mass is 10.3. The third kappa shape index (κ3) is 2.82. The van der Waals surface area contributed by atoms with E-state index < -0.39 is 0 Å². The van der Waals surface area contributed by atoms with Crippen molar-refractivity contribution in [1.82, 2.24) is 9.78 Å². The summed E-state index contributed by atoms with van der Waals surface area (Å²) in [6, 6.07) is 6.29. The van der Waals surface area contributed by atoms with Crippen LogP contribution < -0.4 is 5.32 Å². The minimum Gasteiger partial charge on any atom is -0.383 e. The molecule has 0 saturated heterocycles. The van der Waals surface area contributed by atoms with E-state index in [1.54, 1.807) is 12.1 Å². The van der Waals surface area contributed by atoms with Gasteiger partial charge in [0.05, 0.1) is 23.0 Å². The van der Waals surface area contributed by atoms with Gasteiger partial charge in [0, 0.05) is 12.2 Å². The highest BCUT2D eigenvalue weighted by Gasteiger charge is 2.08. The van der Waals surface area contributed by atoms with Crippen molar-refractivity contribution in [3.63, 3.8) is 0 Å². The van der Waals surface area contributed by atoms with Gasteiger partial charge in [0.15, 0.2) is 0 Å². The molecule has 2 aromatic rings. The zero-order valence-electron chi connectivity index (χ0n) is 10.4. The fourth-order valence-electron chi connectivity index (χ4n) is 1.77. The summed E-state index contributed by atoms with van der Waals surface area (Å²) in [5.41, 5.74) is 2.70. The average Bonchev–Trinajstić information content (AvgIpc) is 2.60. The van der Waals surface area contributed by atoms with Crippen molar-refractivity contribution in [3.8, 4) is 0 Å². The van der Waals surface area contributed by atoms with Crippen molar-refractivity contribution in [1.29, 1.82) is 0 Å². The highest BCUT2D eigenvalue weighted by atomic mass is 35.5. The zero-order valence-corrected chi connectivity index (χ0v) is 11.1. The van der Waals surface area contributed by atoms with Gasteiger partial charge in [-0.05, 0) is 38.1 Å².